The van der Waals surface area contributed by atoms with Gasteiger partial charge < -0.3 is 10.1 Å². The Morgan fingerprint density at radius 3 is 2.82 bits per heavy atom. The first kappa shape index (κ1) is 15.5. The summed E-state index contributed by atoms with van der Waals surface area (Å²) >= 11 is 0. The number of nitrogens with zero attached hydrogens (tertiary/aromatic N) is 2. The molecule has 0 unspecified atom stereocenters. The minimum atomic E-state index is -0.431. The summed E-state index contributed by atoms with van der Waals surface area (Å²) in [6.45, 7) is 0.231. The Balaban J connectivity index is 1.73. The molecule has 0 radical (unpaired) electrons. The molecule has 0 atom stereocenters. The number of nitriles is 1. The topological polar surface area (TPSA) is 99.5 Å². The van der Waals surface area contributed by atoms with E-state index in [1.54, 1.807) is 24.3 Å². The molecule has 0 spiro atoms. The van der Waals surface area contributed by atoms with Crippen LogP contribution in [0.4, 0.5) is 4.79 Å². The smallest absolute Gasteiger partial charge is 0.324 e. The summed E-state index contributed by atoms with van der Waals surface area (Å²) in [5, 5.41) is 11.3. The molecule has 1 aliphatic rings. The van der Waals surface area contributed by atoms with Gasteiger partial charge in [-0.3, -0.25) is 14.5 Å². The van der Waals surface area contributed by atoms with Crippen molar-refractivity contribution < 1.29 is 19.1 Å². The molecule has 7 nitrogen and oxygen atoms in total. The Labute approximate surface area is 127 Å². The Hall–Kier alpha value is -2.88. The van der Waals surface area contributed by atoms with Gasteiger partial charge in [0.05, 0.1) is 18.2 Å². The van der Waals surface area contributed by atoms with Crippen LogP contribution in [0.3, 0.4) is 0 Å². The number of hydrogen-bond donors (Lipinski definition) is 1. The number of amides is 3. The van der Waals surface area contributed by atoms with E-state index in [1.807, 2.05) is 6.07 Å². The van der Waals surface area contributed by atoms with Gasteiger partial charge in [-0.05, 0) is 12.5 Å². The van der Waals surface area contributed by atoms with E-state index in [1.165, 1.54) is 0 Å². The summed E-state index contributed by atoms with van der Waals surface area (Å²) in [6.07, 6.45) is 0.448. The fourth-order valence-electron chi connectivity index (χ4n) is 2.05. The van der Waals surface area contributed by atoms with E-state index in [4.69, 9.17) is 10.00 Å². The number of ether oxygens (including phenoxy) is 1. The molecule has 1 saturated heterocycles. The number of benzene rings is 1. The predicted molar refractivity (Wildman–Crippen MR) is 75.3 cm³/mol. The van der Waals surface area contributed by atoms with Gasteiger partial charge in [0.25, 0.3) is 0 Å². The van der Waals surface area contributed by atoms with Crippen molar-refractivity contribution in [3.8, 4) is 6.07 Å². The highest BCUT2D eigenvalue weighted by Crippen LogP contribution is 2.10. The van der Waals surface area contributed by atoms with Crippen molar-refractivity contribution in [3.05, 3.63) is 35.4 Å². The SMILES string of the molecule is N#Cc1ccccc1COC(=O)CCCN1C(=O)CNC1=O. The lowest BCUT2D eigenvalue weighted by atomic mass is 10.1. The third-order valence-corrected chi connectivity index (χ3v) is 3.23. The fraction of sp³-hybridized carbons (Fsp3) is 0.333. The zero-order valence-electron chi connectivity index (χ0n) is 11.9. The lowest BCUT2D eigenvalue weighted by Crippen LogP contribution is -2.32. The van der Waals surface area contributed by atoms with Gasteiger partial charge >= 0.3 is 12.0 Å². The van der Waals surface area contributed by atoms with Crippen LogP contribution in [0.5, 0.6) is 0 Å². The zero-order valence-corrected chi connectivity index (χ0v) is 11.9. The molecule has 114 valence electrons. The second-order valence-corrected chi connectivity index (χ2v) is 4.74. The molecule has 0 aromatic heterocycles. The molecule has 1 fully saturated rings. The molecule has 1 aromatic rings. The number of carbonyl (C=O) groups excluding carboxylic acids is 3. The van der Waals surface area contributed by atoms with Gasteiger partial charge in [0.15, 0.2) is 0 Å². The van der Waals surface area contributed by atoms with Crippen molar-refractivity contribution in [3.63, 3.8) is 0 Å². The molecular formula is C15H15N3O4. The quantitative estimate of drug-likeness (QED) is 0.622. The highest BCUT2D eigenvalue weighted by atomic mass is 16.5. The largest absolute Gasteiger partial charge is 0.461 e. The summed E-state index contributed by atoms with van der Waals surface area (Å²) in [5.74, 6) is -0.721. The minimum Gasteiger partial charge on any atom is -0.461 e. The van der Waals surface area contributed by atoms with Crippen molar-refractivity contribution in [2.45, 2.75) is 19.4 Å². The van der Waals surface area contributed by atoms with E-state index in [0.29, 0.717) is 17.5 Å². The minimum absolute atomic E-state index is 0.00816. The maximum absolute atomic E-state index is 11.6. The van der Waals surface area contributed by atoms with Crippen LogP contribution in [0.1, 0.15) is 24.0 Å². The first-order valence-electron chi connectivity index (χ1n) is 6.83. The lowest BCUT2D eigenvalue weighted by Gasteiger charge is -2.11. The van der Waals surface area contributed by atoms with Gasteiger partial charge in [-0.25, -0.2) is 4.79 Å². The molecule has 7 heteroatoms. The second-order valence-electron chi connectivity index (χ2n) is 4.74. The summed E-state index contributed by atoms with van der Waals surface area (Å²) in [6, 6.07) is 8.48. The van der Waals surface area contributed by atoms with Crippen LogP contribution in [0.25, 0.3) is 0 Å². The predicted octanol–water partition coefficient (Wildman–Crippen LogP) is 0.933. The lowest BCUT2D eigenvalue weighted by molar-refractivity contribution is -0.145. The van der Waals surface area contributed by atoms with Gasteiger partial charge in [0, 0.05) is 18.5 Å². The summed E-state index contributed by atoms with van der Waals surface area (Å²) in [4.78, 5) is 35.4. The Bertz CT molecular complexity index is 620. The highest BCUT2D eigenvalue weighted by Gasteiger charge is 2.27. The van der Waals surface area contributed by atoms with Crippen molar-refractivity contribution in [2.75, 3.05) is 13.1 Å². The van der Waals surface area contributed by atoms with Crippen LogP contribution in [0, 0.1) is 11.3 Å². The number of carbonyl (C=O) groups is 3. The average Bonchev–Trinajstić information content (AvgIpc) is 2.85. The number of urea groups is 1. The normalized spacial score (nSPS) is 13.7. The molecular weight excluding hydrogens is 286 g/mol. The van der Waals surface area contributed by atoms with Gasteiger partial charge in [-0.1, -0.05) is 18.2 Å². The van der Waals surface area contributed by atoms with E-state index < -0.39 is 12.0 Å². The molecule has 1 aliphatic heterocycles. The number of rotatable bonds is 6. The standard InChI is InChI=1S/C15H15N3O4/c16-8-11-4-1-2-5-12(11)10-22-14(20)6-3-7-18-13(19)9-17-15(18)21/h1-2,4-5H,3,6-7,9-10H2,(H,17,21). The van der Waals surface area contributed by atoms with Crippen molar-refractivity contribution in [1.82, 2.24) is 10.2 Å². The molecule has 1 N–H and O–H groups in total. The van der Waals surface area contributed by atoms with Crippen LogP contribution in [0.2, 0.25) is 0 Å². The van der Waals surface area contributed by atoms with E-state index in [2.05, 4.69) is 5.32 Å². The highest BCUT2D eigenvalue weighted by molar-refractivity contribution is 6.01. The van der Waals surface area contributed by atoms with Gasteiger partial charge in [0.1, 0.15) is 6.61 Å². The first-order valence-corrected chi connectivity index (χ1v) is 6.83. The van der Waals surface area contributed by atoms with Crippen molar-refractivity contribution >= 4 is 17.9 Å². The molecule has 1 aromatic carbocycles. The zero-order chi connectivity index (χ0) is 15.9. The molecule has 3 amide bonds. The second kappa shape index (κ2) is 7.22. The van der Waals surface area contributed by atoms with E-state index in [0.717, 1.165) is 4.90 Å². The van der Waals surface area contributed by atoms with E-state index in [-0.39, 0.29) is 32.0 Å². The third-order valence-electron chi connectivity index (χ3n) is 3.23. The molecule has 1 heterocycles. The average molecular weight is 301 g/mol. The molecule has 22 heavy (non-hydrogen) atoms. The van der Waals surface area contributed by atoms with Gasteiger partial charge in [0.2, 0.25) is 5.91 Å². The molecule has 2 rings (SSSR count). The van der Waals surface area contributed by atoms with Crippen molar-refractivity contribution in [2.24, 2.45) is 0 Å². The maximum atomic E-state index is 11.6. The van der Waals surface area contributed by atoms with E-state index >= 15 is 0 Å². The summed E-state index contributed by atoms with van der Waals surface area (Å²) in [5.41, 5.74) is 1.11. The summed E-state index contributed by atoms with van der Waals surface area (Å²) < 4.78 is 5.09. The van der Waals surface area contributed by atoms with Crippen molar-refractivity contribution in [1.29, 1.82) is 5.26 Å². The first-order chi connectivity index (χ1) is 10.6. The third kappa shape index (κ3) is 3.82. The number of imide groups is 1. The van der Waals surface area contributed by atoms with Gasteiger partial charge in [-0.2, -0.15) is 5.26 Å². The van der Waals surface area contributed by atoms with Gasteiger partial charge in [-0.15, -0.1) is 0 Å². The van der Waals surface area contributed by atoms with Crippen LogP contribution in [-0.4, -0.2) is 35.9 Å². The fourth-order valence-corrected chi connectivity index (χ4v) is 2.05. The number of esters is 1. The molecule has 0 aliphatic carbocycles. The maximum Gasteiger partial charge on any atom is 0.324 e. The Morgan fingerprint density at radius 2 is 2.14 bits per heavy atom. The van der Waals surface area contributed by atoms with E-state index in [9.17, 15) is 14.4 Å². The number of hydrogen-bond acceptors (Lipinski definition) is 5. The van der Waals surface area contributed by atoms with Crippen LogP contribution in [-0.2, 0) is 20.9 Å². The summed E-state index contributed by atoms with van der Waals surface area (Å²) in [7, 11) is 0. The number of nitrogens with one attached hydrogen (secondary N) is 1. The monoisotopic (exact) mass is 301 g/mol. The molecule has 0 bridgehead atoms. The van der Waals surface area contributed by atoms with Crippen LogP contribution in [0.15, 0.2) is 24.3 Å². The van der Waals surface area contributed by atoms with Crippen LogP contribution >= 0.6 is 0 Å². The Morgan fingerprint density at radius 1 is 1.36 bits per heavy atom. The molecule has 0 saturated carbocycles. The van der Waals surface area contributed by atoms with Crippen LogP contribution < -0.4 is 5.32 Å². The Kier molecular flexibility index (Phi) is 5.09.